The molecule has 0 heterocycles. The van der Waals surface area contributed by atoms with Crippen LogP contribution in [0.5, 0.6) is 5.75 Å². The van der Waals surface area contributed by atoms with E-state index < -0.39 is 24.0 Å². The van der Waals surface area contributed by atoms with Crippen LogP contribution >= 0.6 is 0 Å². The van der Waals surface area contributed by atoms with Gasteiger partial charge in [0.25, 0.3) is 11.9 Å². The molecule has 9 heteroatoms. The molecule has 1 aromatic carbocycles. The minimum absolute atomic E-state index is 0.0256. The molecule has 0 bridgehead atoms. The van der Waals surface area contributed by atoms with E-state index in [2.05, 4.69) is 9.73 Å². The standard InChI is InChI=1S/C14H14F3N3O3/c15-14(16,17)23-10-6-2-5-9(7-10)12(21)20-13(19)22-11(18)8-3-1-4-8/h2,5-8,18H,1,3-4H2,(H2,19,20,21). The molecule has 1 aliphatic rings. The van der Waals surface area contributed by atoms with Gasteiger partial charge in [0.1, 0.15) is 5.75 Å². The quantitative estimate of drug-likeness (QED) is 0.658. The molecule has 1 aliphatic carbocycles. The Morgan fingerprint density at radius 2 is 2.04 bits per heavy atom. The van der Waals surface area contributed by atoms with Gasteiger partial charge >= 0.3 is 6.36 Å². The monoisotopic (exact) mass is 329 g/mol. The Morgan fingerprint density at radius 3 is 2.61 bits per heavy atom. The van der Waals surface area contributed by atoms with Gasteiger partial charge in [-0.2, -0.15) is 4.99 Å². The van der Waals surface area contributed by atoms with Crippen molar-refractivity contribution in [2.45, 2.75) is 25.6 Å². The molecule has 0 radical (unpaired) electrons. The van der Waals surface area contributed by atoms with Crippen molar-refractivity contribution in [3.05, 3.63) is 29.8 Å². The summed E-state index contributed by atoms with van der Waals surface area (Å²) in [5, 5.41) is 7.62. The molecule has 23 heavy (non-hydrogen) atoms. The number of aliphatic imine (C=N–C) groups is 1. The number of ether oxygens (including phenoxy) is 2. The van der Waals surface area contributed by atoms with E-state index in [1.807, 2.05) is 0 Å². The molecule has 6 nitrogen and oxygen atoms in total. The van der Waals surface area contributed by atoms with Crippen LogP contribution in [-0.2, 0) is 4.74 Å². The van der Waals surface area contributed by atoms with Crippen LogP contribution in [0.1, 0.15) is 29.6 Å². The zero-order chi connectivity index (χ0) is 17.0. The summed E-state index contributed by atoms with van der Waals surface area (Å²) in [6.07, 6.45) is -2.23. The van der Waals surface area contributed by atoms with Crippen molar-refractivity contribution in [3.8, 4) is 5.75 Å². The van der Waals surface area contributed by atoms with Gasteiger partial charge in [0.15, 0.2) is 5.90 Å². The molecule has 0 aromatic heterocycles. The van der Waals surface area contributed by atoms with E-state index >= 15 is 0 Å². The fourth-order valence-corrected chi connectivity index (χ4v) is 1.88. The minimum Gasteiger partial charge on any atom is -0.411 e. The molecule has 1 aromatic rings. The Labute approximate surface area is 129 Å². The Hall–Kier alpha value is -2.58. The van der Waals surface area contributed by atoms with Gasteiger partial charge in [0.05, 0.1) is 0 Å². The first-order valence-corrected chi connectivity index (χ1v) is 6.75. The van der Waals surface area contributed by atoms with Crippen LogP contribution in [-0.4, -0.2) is 24.2 Å². The number of hydrogen-bond donors (Lipinski definition) is 2. The number of amides is 1. The summed E-state index contributed by atoms with van der Waals surface area (Å²) in [4.78, 5) is 15.3. The van der Waals surface area contributed by atoms with Crippen molar-refractivity contribution in [2.24, 2.45) is 16.6 Å². The second-order valence-electron chi connectivity index (χ2n) is 4.92. The summed E-state index contributed by atoms with van der Waals surface area (Å²) < 4.78 is 45.1. The van der Waals surface area contributed by atoms with Crippen molar-refractivity contribution in [1.29, 1.82) is 5.41 Å². The lowest BCUT2D eigenvalue weighted by Crippen LogP contribution is -2.29. The molecule has 1 saturated carbocycles. The average molecular weight is 329 g/mol. The first kappa shape index (κ1) is 16.8. The lowest BCUT2D eigenvalue weighted by Gasteiger charge is -2.24. The molecular weight excluding hydrogens is 315 g/mol. The number of nitrogens with one attached hydrogen (secondary N) is 1. The zero-order valence-electron chi connectivity index (χ0n) is 11.9. The van der Waals surface area contributed by atoms with Crippen LogP contribution in [0, 0.1) is 11.3 Å². The maximum atomic E-state index is 12.1. The molecule has 1 amide bonds. The van der Waals surface area contributed by atoms with Gasteiger partial charge in [-0.25, -0.2) is 0 Å². The molecule has 0 saturated heterocycles. The summed E-state index contributed by atoms with van der Waals surface area (Å²) in [5.41, 5.74) is 5.28. The third-order valence-corrected chi connectivity index (χ3v) is 3.22. The van der Waals surface area contributed by atoms with Crippen molar-refractivity contribution < 1.29 is 27.4 Å². The highest BCUT2D eigenvalue weighted by Crippen LogP contribution is 2.27. The summed E-state index contributed by atoms with van der Waals surface area (Å²) in [6.45, 7) is 0. The molecule has 1 fully saturated rings. The molecule has 124 valence electrons. The van der Waals surface area contributed by atoms with E-state index in [1.165, 1.54) is 12.1 Å². The van der Waals surface area contributed by atoms with Crippen LogP contribution in [0.2, 0.25) is 0 Å². The number of carbonyl (C=O) groups excluding carboxylic acids is 1. The lowest BCUT2D eigenvalue weighted by molar-refractivity contribution is -0.274. The lowest BCUT2D eigenvalue weighted by atomic mass is 9.85. The van der Waals surface area contributed by atoms with Gasteiger partial charge in [-0.3, -0.25) is 10.2 Å². The minimum atomic E-state index is -4.86. The second-order valence-corrected chi connectivity index (χ2v) is 4.92. The van der Waals surface area contributed by atoms with Gasteiger partial charge < -0.3 is 15.2 Å². The van der Waals surface area contributed by atoms with Crippen molar-refractivity contribution in [1.82, 2.24) is 0 Å². The smallest absolute Gasteiger partial charge is 0.411 e. The number of rotatable bonds is 3. The van der Waals surface area contributed by atoms with Crippen molar-refractivity contribution in [3.63, 3.8) is 0 Å². The number of hydrogen-bond acceptors (Lipinski definition) is 4. The van der Waals surface area contributed by atoms with Gasteiger partial charge in [-0.15, -0.1) is 13.2 Å². The Bertz CT molecular complexity index is 640. The van der Waals surface area contributed by atoms with Gasteiger partial charge in [0.2, 0.25) is 0 Å². The fourth-order valence-electron chi connectivity index (χ4n) is 1.88. The SMILES string of the molecule is N=C(OC(N)=NC(=O)c1cccc(OC(F)(F)F)c1)C1CCC1. The molecule has 0 spiro atoms. The zero-order valence-corrected chi connectivity index (χ0v) is 11.9. The fraction of sp³-hybridized carbons (Fsp3) is 0.357. The summed E-state index contributed by atoms with van der Waals surface area (Å²) in [5.74, 6) is -1.53. The molecule has 0 unspecified atom stereocenters. The Kier molecular flexibility index (Phi) is 4.87. The van der Waals surface area contributed by atoms with Crippen LogP contribution in [0.3, 0.4) is 0 Å². The topological polar surface area (TPSA) is 97.8 Å². The number of benzene rings is 1. The highest BCUT2D eigenvalue weighted by Gasteiger charge is 2.31. The molecular formula is C14H14F3N3O3. The summed E-state index contributed by atoms with van der Waals surface area (Å²) in [7, 11) is 0. The third kappa shape index (κ3) is 4.97. The van der Waals surface area contributed by atoms with E-state index in [-0.39, 0.29) is 17.4 Å². The van der Waals surface area contributed by atoms with E-state index in [1.54, 1.807) is 0 Å². The first-order chi connectivity index (χ1) is 10.7. The first-order valence-electron chi connectivity index (χ1n) is 6.75. The predicted molar refractivity (Wildman–Crippen MR) is 75.2 cm³/mol. The number of nitrogens with zero attached hydrogens (tertiary/aromatic N) is 1. The average Bonchev–Trinajstić information content (AvgIpc) is 2.34. The Balaban J connectivity index is 2.02. The number of amidine groups is 1. The van der Waals surface area contributed by atoms with E-state index in [0.29, 0.717) is 0 Å². The molecule has 0 aliphatic heterocycles. The number of nitrogens with two attached hydrogens (primary N) is 1. The molecule has 0 atom stereocenters. The summed E-state index contributed by atoms with van der Waals surface area (Å²) >= 11 is 0. The molecule has 2 rings (SSSR count). The van der Waals surface area contributed by atoms with Crippen LogP contribution in [0.15, 0.2) is 29.3 Å². The maximum Gasteiger partial charge on any atom is 0.573 e. The number of carbonyl (C=O) groups is 1. The van der Waals surface area contributed by atoms with Crippen LogP contribution in [0.4, 0.5) is 13.2 Å². The van der Waals surface area contributed by atoms with Gasteiger partial charge in [0, 0.05) is 11.5 Å². The van der Waals surface area contributed by atoms with Gasteiger partial charge in [-0.1, -0.05) is 12.5 Å². The van der Waals surface area contributed by atoms with Crippen LogP contribution < -0.4 is 10.5 Å². The van der Waals surface area contributed by atoms with Crippen molar-refractivity contribution in [2.75, 3.05) is 0 Å². The van der Waals surface area contributed by atoms with Gasteiger partial charge in [-0.05, 0) is 31.0 Å². The van der Waals surface area contributed by atoms with Crippen LogP contribution in [0.25, 0.3) is 0 Å². The second kappa shape index (κ2) is 6.67. The van der Waals surface area contributed by atoms with Crippen molar-refractivity contribution >= 4 is 17.8 Å². The highest BCUT2D eigenvalue weighted by molar-refractivity contribution is 6.03. The third-order valence-electron chi connectivity index (χ3n) is 3.22. The normalized spacial score (nSPS) is 15.7. The van der Waals surface area contributed by atoms with E-state index in [4.69, 9.17) is 15.9 Å². The summed E-state index contributed by atoms with van der Waals surface area (Å²) in [6, 6.07) is 3.91. The maximum absolute atomic E-state index is 12.1. The predicted octanol–water partition coefficient (Wildman–Crippen LogP) is 2.83. The number of alkyl halides is 3. The van der Waals surface area contributed by atoms with E-state index in [9.17, 15) is 18.0 Å². The number of halogens is 3. The largest absolute Gasteiger partial charge is 0.573 e. The van der Waals surface area contributed by atoms with E-state index in [0.717, 1.165) is 31.4 Å². The highest BCUT2D eigenvalue weighted by atomic mass is 19.4. The molecule has 3 N–H and O–H groups in total. The Morgan fingerprint density at radius 1 is 1.35 bits per heavy atom.